The summed E-state index contributed by atoms with van der Waals surface area (Å²) in [4.78, 5) is 25.0. The van der Waals surface area contributed by atoms with Crippen LogP contribution in [0.2, 0.25) is 0 Å². The van der Waals surface area contributed by atoms with Crippen molar-refractivity contribution in [3.63, 3.8) is 0 Å². The highest BCUT2D eigenvalue weighted by molar-refractivity contribution is 6.01. The second-order valence-corrected chi connectivity index (χ2v) is 8.65. The van der Waals surface area contributed by atoms with E-state index in [0.717, 1.165) is 34.7 Å². The highest BCUT2D eigenvalue weighted by Gasteiger charge is 2.30. The first-order valence-corrected chi connectivity index (χ1v) is 10.7. The minimum Gasteiger partial charge on any atom is -0.422 e. The van der Waals surface area contributed by atoms with E-state index < -0.39 is 11.9 Å². The normalized spacial score (nSPS) is 14.9. The van der Waals surface area contributed by atoms with Crippen LogP contribution in [0.4, 0.5) is 0 Å². The van der Waals surface area contributed by atoms with Crippen molar-refractivity contribution in [3.05, 3.63) is 71.8 Å². The Labute approximate surface area is 184 Å². The fourth-order valence-corrected chi connectivity index (χ4v) is 3.83. The van der Waals surface area contributed by atoms with Crippen LogP contribution in [-0.4, -0.2) is 11.9 Å². The van der Waals surface area contributed by atoms with E-state index in [2.05, 4.69) is 39.2 Å². The maximum Gasteiger partial charge on any atom is 0.338 e. The van der Waals surface area contributed by atoms with Gasteiger partial charge in [-0.3, -0.25) is 0 Å². The quantitative estimate of drug-likeness (QED) is 0.225. The lowest BCUT2D eigenvalue weighted by Gasteiger charge is -2.28. The number of ether oxygens (including phenoxy) is 2. The van der Waals surface area contributed by atoms with E-state index in [1.807, 2.05) is 24.3 Å². The fourth-order valence-electron chi connectivity index (χ4n) is 3.83. The van der Waals surface area contributed by atoms with Crippen molar-refractivity contribution in [2.75, 3.05) is 0 Å². The summed E-state index contributed by atoms with van der Waals surface area (Å²) in [5, 5.41) is 1.48. The van der Waals surface area contributed by atoms with Crippen molar-refractivity contribution in [1.29, 1.82) is 0 Å². The molecule has 0 aromatic heterocycles. The zero-order valence-electron chi connectivity index (χ0n) is 18.8. The average Bonchev–Trinajstić information content (AvgIpc) is 2.73. The van der Waals surface area contributed by atoms with Crippen LogP contribution in [-0.2, 0) is 16.0 Å². The van der Waals surface area contributed by atoms with Crippen LogP contribution in [0, 0.1) is 5.92 Å². The summed E-state index contributed by atoms with van der Waals surface area (Å²) < 4.78 is 11.7. The Kier molecular flexibility index (Phi) is 6.79. The molecule has 162 valence electrons. The van der Waals surface area contributed by atoms with E-state index >= 15 is 0 Å². The van der Waals surface area contributed by atoms with E-state index in [0.29, 0.717) is 35.0 Å². The van der Waals surface area contributed by atoms with Gasteiger partial charge < -0.3 is 9.47 Å². The summed E-state index contributed by atoms with van der Waals surface area (Å²) in [5.74, 6) is 0.732. The topological polar surface area (TPSA) is 52.6 Å². The van der Waals surface area contributed by atoms with Crippen LogP contribution >= 0.6 is 0 Å². The first kappa shape index (κ1) is 22.5. The zero-order chi connectivity index (χ0) is 22.7. The number of hydrogen-bond donors (Lipinski definition) is 0. The van der Waals surface area contributed by atoms with Crippen LogP contribution in [0.1, 0.15) is 57.6 Å². The smallest absolute Gasteiger partial charge is 0.338 e. The molecule has 3 rings (SSSR count). The molecule has 0 aliphatic heterocycles. The van der Waals surface area contributed by atoms with Gasteiger partial charge in [0.05, 0.1) is 0 Å². The predicted octanol–water partition coefficient (Wildman–Crippen LogP) is 6.43. The molecule has 2 aromatic rings. The van der Waals surface area contributed by atoms with Crippen LogP contribution in [0.15, 0.2) is 60.7 Å². The third-order valence-corrected chi connectivity index (χ3v) is 5.46. The van der Waals surface area contributed by atoms with Gasteiger partial charge in [0.2, 0.25) is 0 Å². The van der Waals surface area contributed by atoms with Crippen LogP contribution in [0.25, 0.3) is 10.8 Å². The Bertz CT molecular complexity index is 1090. The minimum atomic E-state index is -0.465. The molecule has 2 aromatic carbocycles. The molecular weight excluding hydrogens is 388 g/mol. The monoisotopic (exact) mass is 418 g/mol. The molecule has 0 amide bonds. The van der Waals surface area contributed by atoms with Gasteiger partial charge in [-0.25, -0.2) is 9.59 Å². The number of fused-ring (bicyclic) bond motifs is 2. The number of carbonyl (C=O) groups is 2. The van der Waals surface area contributed by atoms with Crippen molar-refractivity contribution in [1.82, 2.24) is 0 Å². The Morgan fingerprint density at radius 2 is 1.55 bits per heavy atom. The van der Waals surface area contributed by atoms with Crippen LogP contribution in [0.5, 0.6) is 11.5 Å². The lowest BCUT2D eigenvalue weighted by Crippen LogP contribution is -2.17. The number of allylic oxidation sites excluding steroid dienone is 2. The van der Waals surface area contributed by atoms with Gasteiger partial charge in [0.25, 0.3) is 0 Å². The first-order valence-electron chi connectivity index (χ1n) is 10.7. The SMILES string of the molecule is C=C(C)C(=O)Oc1c2c(c(OC(=O)C(=C)C)c3ccccc13)C(CCC(C)C)C=CC2. The molecule has 0 bridgehead atoms. The molecule has 0 fully saturated rings. The van der Waals surface area contributed by atoms with Crippen molar-refractivity contribution in [2.45, 2.75) is 52.9 Å². The third kappa shape index (κ3) is 4.79. The number of carbonyl (C=O) groups excluding carboxylic acids is 2. The molecule has 1 unspecified atom stereocenters. The summed E-state index contributed by atoms with van der Waals surface area (Å²) in [6.45, 7) is 15.1. The Morgan fingerprint density at radius 3 is 2.10 bits per heavy atom. The van der Waals surface area contributed by atoms with Gasteiger partial charge in [-0.1, -0.05) is 69.8 Å². The third-order valence-electron chi connectivity index (χ3n) is 5.46. The van der Waals surface area contributed by atoms with E-state index in [1.165, 1.54) is 0 Å². The number of esters is 2. The van der Waals surface area contributed by atoms with Gasteiger partial charge in [0.15, 0.2) is 0 Å². The molecule has 0 radical (unpaired) electrons. The van der Waals surface area contributed by atoms with Crippen LogP contribution in [0.3, 0.4) is 0 Å². The maximum absolute atomic E-state index is 12.5. The fraction of sp³-hybridized carbons (Fsp3) is 0.333. The van der Waals surface area contributed by atoms with Gasteiger partial charge in [0, 0.05) is 39.0 Å². The first-order chi connectivity index (χ1) is 14.7. The van der Waals surface area contributed by atoms with E-state index in [4.69, 9.17) is 9.47 Å². The standard InChI is InChI=1S/C27H30O4/c1-16(2)14-15-19-10-9-13-22-23(19)25(31-27(29)18(5)6)21-12-8-7-11-20(21)24(22)30-26(28)17(3)4/h7-12,16,19H,3,5,13-15H2,1-2,4,6H3. The van der Waals surface area contributed by atoms with Gasteiger partial charge in [-0.15, -0.1) is 0 Å². The number of benzene rings is 2. The van der Waals surface area contributed by atoms with Crippen molar-refractivity contribution >= 4 is 22.7 Å². The molecule has 1 aliphatic rings. The second-order valence-electron chi connectivity index (χ2n) is 8.65. The Balaban J connectivity index is 2.29. The van der Waals surface area contributed by atoms with Crippen molar-refractivity contribution in [3.8, 4) is 11.5 Å². The summed E-state index contributed by atoms with van der Waals surface area (Å²) in [5.41, 5.74) is 2.47. The van der Waals surface area contributed by atoms with E-state index in [-0.39, 0.29) is 5.92 Å². The van der Waals surface area contributed by atoms with Crippen LogP contribution < -0.4 is 9.47 Å². The number of hydrogen-bond acceptors (Lipinski definition) is 4. The molecule has 1 aliphatic carbocycles. The molecule has 1 atom stereocenters. The number of rotatable bonds is 7. The Morgan fingerprint density at radius 1 is 1.00 bits per heavy atom. The summed E-state index contributed by atoms with van der Waals surface area (Å²) in [7, 11) is 0. The summed E-state index contributed by atoms with van der Waals surface area (Å²) in [6.07, 6.45) is 6.79. The molecule has 4 nitrogen and oxygen atoms in total. The lowest BCUT2D eigenvalue weighted by atomic mass is 9.81. The molecule has 0 saturated heterocycles. The molecule has 0 spiro atoms. The molecule has 0 saturated carbocycles. The van der Waals surface area contributed by atoms with Gasteiger partial charge >= 0.3 is 11.9 Å². The zero-order valence-corrected chi connectivity index (χ0v) is 18.8. The Hall–Kier alpha value is -3.14. The van der Waals surface area contributed by atoms with Gasteiger partial charge in [0.1, 0.15) is 11.5 Å². The average molecular weight is 419 g/mol. The van der Waals surface area contributed by atoms with Gasteiger partial charge in [-0.2, -0.15) is 0 Å². The van der Waals surface area contributed by atoms with E-state index in [9.17, 15) is 9.59 Å². The summed E-state index contributed by atoms with van der Waals surface area (Å²) >= 11 is 0. The molecular formula is C27H30O4. The van der Waals surface area contributed by atoms with Crippen molar-refractivity contribution in [2.24, 2.45) is 5.92 Å². The predicted molar refractivity (Wildman–Crippen MR) is 125 cm³/mol. The van der Waals surface area contributed by atoms with Gasteiger partial charge in [-0.05, 0) is 32.6 Å². The highest BCUT2D eigenvalue weighted by Crippen LogP contribution is 2.48. The minimum absolute atomic E-state index is 0.0611. The van der Waals surface area contributed by atoms with Crippen molar-refractivity contribution < 1.29 is 19.1 Å². The maximum atomic E-state index is 12.5. The second kappa shape index (κ2) is 9.34. The largest absolute Gasteiger partial charge is 0.422 e. The highest BCUT2D eigenvalue weighted by atomic mass is 16.5. The van der Waals surface area contributed by atoms with E-state index in [1.54, 1.807) is 13.8 Å². The molecule has 0 N–H and O–H groups in total. The lowest BCUT2D eigenvalue weighted by molar-refractivity contribution is -0.131. The molecule has 4 heteroatoms. The molecule has 31 heavy (non-hydrogen) atoms. The molecule has 0 heterocycles. The summed E-state index contributed by atoms with van der Waals surface area (Å²) in [6, 6.07) is 7.55.